The van der Waals surface area contributed by atoms with Crippen LogP contribution in [0.4, 0.5) is 29.0 Å². The summed E-state index contributed by atoms with van der Waals surface area (Å²) in [4.78, 5) is 32.8. The average molecular weight is 610 g/mol. The second-order valence-corrected chi connectivity index (χ2v) is 11.8. The van der Waals surface area contributed by atoms with Gasteiger partial charge in [0, 0.05) is 30.9 Å². The zero-order valence-corrected chi connectivity index (χ0v) is 24.8. The first-order valence-electron chi connectivity index (χ1n) is 13.2. The van der Waals surface area contributed by atoms with E-state index in [1.165, 1.54) is 26.2 Å². The largest absolute Gasteiger partial charge is 0.384 e. The zero-order valence-electron chi connectivity index (χ0n) is 24.0. The third-order valence-electron chi connectivity index (χ3n) is 6.34. The first-order valence-corrected chi connectivity index (χ1v) is 14.7. The van der Waals surface area contributed by atoms with Crippen LogP contribution >= 0.6 is 0 Å². The van der Waals surface area contributed by atoms with Gasteiger partial charge in [-0.3, -0.25) is 9.59 Å². The van der Waals surface area contributed by atoms with Gasteiger partial charge in [0.15, 0.2) is 11.6 Å². The molecule has 0 saturated heterocycles. The summed E-state index contributed by atoms with van der Waals surface area (Å²) in [7, 11) is -0.525. The van der Waals surface area contributed by atoms with Gasteiger partial charge >= 0.3 is 0 Å². The standard InChI is InChI=1S/C20H20N4O3S.C12H11N3O/c1-24(2)28(26,27)16-10-8-15(9-11-16)22-18-13-12-17(20(21)23-18)19(25)14-6-4-3-5-7-14;13-10-7-6-9(12(14)15-10)11(16)8-4-2-1-3-5-8/h3-13H,1-2H3,(H3,21,22,23);1-7H,(H4,13,14,15). The van der Waals surface area contributed by atoms with E-state index in [0.29, 0.717) is 39.6 Å². The van der Waals surface area contributed by atoms with Gasteiger partial charge in [0.05, 0.1) is 16.0 Å². The molecule has 7 N–H and O–H groups in total. The Balaban J connectivity index is 0.000000233. The van der Waals surface area contributed by atoms with Crippen molar-refractivity contribution in [3.63, 3.8) is 0 Å². The molecule has 44 heavy (non-hydrogen) atoms. The highest BCUT2D eigenvalue weighted by molar-refractivity contribution is 7.89. The van der Waals surface area contributed by atoms with E-state index in [0.717, 1.165) is 4.31 Å². The van der Waals surface area contributed by atoms with Crippen molar-refractivity contribution in [3.8, 4) is 0 Å². The maximum atomic E-state index is 12.5. The van der Waals surface area contributed by atoms with Gasteiger partial charge in [-0.1, -0.05) is 60.7 Å². The summed E-state index contributed by atoms with van der Waals surface area (Å²) in [6.45, 7) is 0. The number of benzene rings is 3. The van der Waals surface area contributed by atoms with E-state index in [9.17, 15) is 18.0 Å². The van der Waals surface area contributed by atoms with Crippen molar-refractivity contribution in [2.24, 2.45) is 0 Å². The molecule has 11 nitrogen and oxygen atoms in total. The Morgan fingerprint density at radius 2 is 1.11 bits per heavy atom. The van der Waals surface area contributed by atoms with E-state index in [2.05, 4.69) is 15.3 Å². The van der Waals surface area contributed by atoms with E-state index in [-0.39, 0.29) is 28.1 Å². The zero-order chi connectivity index (χ0) is 31.9. The van der Waals surface area contributed by atoms with Gasteiger partial charge in [0.1, 0.15) is 23.3 Å². The highest BCUT2D eigenvalue weighted by Crippen LogP contribution is 2.22. The molecule has 3 aromatic carbocycles. The number of rotatable bonds is 8. The number of hydrogen-bond donors (Lipinski definition) is 4. The molecule has 0 bridgehead atoms. The number of aromatic nitrogens is 2. The third kappa shape index (κ3) is 7.43. The Labute approximate surface area is 255 Å². The van der Waals surface area contributed by atoms with Gasteiger partial charge in [-0.05, 0) is 48.5 Å². The summed E-state index contributed by atoms with van der Waals surface area (Å²) >= 11 is 0. The third-order valence-corrected chi connectivity index (χ3v) is 8.17. The molecule has 2 heterocycles. The van der Waals surface area contributed by atoms with Crippen molar-refractivity contribution in [1.29, 1.82) is 0 Å². The molecule has 5 rings (SSSR count). The summed E-state index contributed by atoms with van der Waals surface area (Å²) in [6.07, 6.45) is 0. The Bertz CT molecular complexity index is 1880. The number of nitrogens with two attached hydrogens (primary N) is 3. The number of hydrogen-bond acceptors (Lipinski definition) is 10. The first kappa shape index (κ1) is 31.3. The van der Waals surface area contributed by atoms with Gasteiger partial charge in [0.25, 0.3) is 0 Å². The fourth-order valence-electron chi connectivity index (χ4n) is 3.98. The summed E-state index contributed by atoms with van der Waals surface area (Å²) in [5, 5.41) is 3.05. The van der Waals surface area contributed by atoms with Crippen LogP contribution in [0.3, 0.4) is 0 Å². The van der Waals surface area contributed by atoms with E-state index < -0.39 is 10.0 Å². The van der Waals surface area contributed by atoms with Crippen LogP contribution in [0.25, 0.3) is 0 Å². The molecule has 0 atom stereocenters. The Morgan fingerprint density at radius 1 is 0.636 bits per heavy atom. The molecule has 0 unspecified atom stereocenters. The van der Waals surface area contributed by atoms with Crippen molar-refractivity contribution in [2.75, 3.05) is 36.6 Å². The van der Waals surface area contributed by atoms with Crippen molar-refractivity contribution in [2.45, 2.75) is 4.90 Å². The highest BCUT2D eigenvalue weighted by Gasteiger charge is 2.17. The smallest absolute Gasteiger partial charge is 0.242 e. The Hall–Kier alpha value is -5.59. The minimum absolute atomic E-state index is 0.116. The van der Waals surface area contributed by atoms with E-state index in [1.807, 2.05) is 12.1 Å². The van der Waals surface area contributed by atoms with Crippen molar-refractivity contribution < 1.29 is 18.0 Å². The maximum absolute atomic E-state index is 12.5. The predicted octanol–water partition coefficient (Wildman–Crippen LogP) is 4.37. The maximum Gasteiger partial charge on any atom is 0.242 e. The Kier molecular flexibility index (Phi) is 9.68. The number of sulfonamides is 1. The van der Waals surface area contributed by atoms with Crippen LogP contribution in [0.5, 0.6) is 0 Å². The molecular weight excluding hydrogens is 578 g/mol. The first-order chi connectivity index (χ1) is 21.0. The van der Waals surface area contributed by atoms with Gasteiger partial charge in [-0.25, -0.2) is 22.7 Å². The molecule has 12 heteroatoms. The number of carbonyl (C=O) groups excluding carboxylic acids is 2. The molecule has 2 aromatic heterocycles. The van der Waals surface area contributed by atoms with Crippen LogP contribution in [0.2, 0.25) is 0 Å². The molecule has 224 valence electrons. The lowest BCUT2D eigenvalue weighted by Crippen LogP contribution is -2.22. The van der Waals surface area contributed by atoms with Crippen molar-refractivity contribution in [3.05, 3.63) is 131 Å². The molecule has 0 aliphatic heterocycles. The molecule has 0 radical (unpaired) electrons. The lowest BCUT2D eigenvalue weighted by atomic mass is 10.0. The number of nitrogens with zero attached hydrogens (tertiary/aromatic N) is 3. The van der Waals surface area contributed by atoms with Crippen LogP contribution in [0.1, 0.15) is 31.8 Å². The predicted molar refractivity (Wildman–Crippen MR) is 172 cm³/mol. The van der Waals surface area contributed by atoms with Crippen LogP contribution in [0, 0.1) is 0 Å². The van der Waals surface area contributed by atoms with Gasteiger partial charge < -0.3 is 22.5 Å². The number of carbonyl (C=O) groups is 2. The van der Waals surface area contributed by atoms with Crippen LogP contribution < -0.4 is 22.5 Å². The van der Waals surface area contributed by atoms with E-state index in [4.69, 9.17) is 17.2 Å². The average Bonchev–Trinajstić information content (AvgIpc) is 3.02. The second kappa shape index (κ2) is 13.6. The highest BCUT2D eigenvalue weighted by atomic mass is 32.2. The van der Waals surface area contributed by atoms with Gasteiger partial charge in [-0.2, -0.15) is 0 Å². The summed E-state index contributed by atoms with van der Waals surface area (Å²) in [5.74, 6) is 0.688. The van der Waals surface area contributed by atoms with E-state index in [1.54, 1.807) is 84.9 Å². The summed E-state index contributed by atoms with van der Waals surface area (Å²) in [5.41, 5.74) is 19.5. The number of pyridine rings is 2. The van der Waals surface area contributed by atoms with Crippen molar-refractivity contribution in [1.82, 2.24) is 14.3 Å². The molecule has 0 aliphatic carbocycles. The van der Waals surface area contributed by atoms with Crippen molar-refractivity contribution >= 4 is 50.5 Å². The molecule has 0 saturated carbocycles. The van der Waals surface area contributed by atoms with Gasteiger partial charge in [0.2, 0.25) is 10.0 Å². The molecular formula is C32H31N7O4S. The number of ketones is 2. The normalized spacial score (nSPS) is 10.9. The summed E-state index contributed by atoms with van der Waals surface area (Å²) in [6, 6.07) is 30.5. The number of anilines is 5. The molecule has 0 aliphatic rings. The van der Waals surface area contributed by atoms with Crippen LogP contribution in [0.15, 0.2) is 114 Å². The van der Waals surface area contributed by atoms with Crippen LogP contribution in [-0.4, -0.2) is 48.4 Å². The lowest BCUT2D eigenvalue weighted by molar-refractivity contribution is 0.103. The minimum atomic E-state index is -3.48. The molecule has 5 aromatic rings. The van der Waals surface area contributed by atoms with Crippen LogP contribution in [-0.2, 0) is 10.0 Å². The molecule has 0 amide bonds. The molecule has 0 fully saturated rings. The quantitative estimate of drug-likeness (QED) is 0.184. The minimum Gasteiger partial charge on any atom is -0.384 e. The second-order valence-electron chi connectivity index (χ2n) is 9.63. The monoisotopic (exact) mass is 609 g/mol. The fraction of sp³-hybridized carbons (Fsp3) is 0.0625. The summed E-state index contributed by atoms with van der Waals surface area (Å²) < 4.78 is 25.4. The SMILES string of the molecule is CN(C)S(=O)(=O)c1ccc(Nc2ccc(C(=O)c3ccccc3)c(N)n2)cc1.Nc1ccc(C(=O)c2ccccc2)c(N)n1. The number of nitrogen functional groups attached to an aromatic ring is 3. The molecule has 0 spiro atoms. The van der Waals surface area contributed by atoms with Gasteiger partial charge in [-0.15, -0.1) is 0 Å². The fourth-order valence-corrected chi connectivity index (χ4v) is 4.88. The lowest BCUT2D eigenvalue weighted by Gasteiger charge is -2.12. The van der Waals surface area contributed by atoms with E-state index >= 15 is 0 Å². The topological polar surface area (TPSA) is 187 Å². The Morgan fingerprint density at radius 3 is 1.57 bits per heavy atom. The number of nitrogens with one attached hydrogen (secondary N) is 1.